The van der Waals surface area contributed by atoms with Gasteiger partial charge >= 0.3 is 0 Å². The van der Waals surface area contributed by atoms with Crippen LogP contribution in [0.2, 0.25) is 18.6 Å². The second-order valence-corrected chi connectivity index (χ2v) is 18.3. The van der Waals surface area contributed by atoms with E-state index in [4.69, 9.17) is 4.74 Å². The van der Waals surface area contributed by atoms with E-state index >= 15 is 4.11 Å². The van der Waals surface area contributed by atoms with Gasteiger partial charge in [0.05, 0.1) is 43.4 Å². The third-order valence-corrected chi connectivity index (χ3v) is 13.5. The average molecular weight is 685 g/mol. The molecule has 9 nitrogen and oxygen atoms in total. The Kier molecular flexibility index (Phi) is 8.97. The van der Waals surface area contributed by atoms with Crippen LogP contribution in [-0.2, 0) is 44.2 Å². The highest BCUT2D eigenvalue weighted by molar-refractivity contribution is 6.72. The van der Waals surface area contributed by atoms with Gasteiger partial charge in [0.1, 0.15) is 0 Å². The Morgan fingerprint density at radius 1 is 1.06 bits per heavy atom. The molecule has 0 bridgehead atoms. The van der Waals surface area contributed by atoms with Crippen LogP contribution < -0.4 is 15.5 Å². The van der Waals surface area contributed by atoms with Crippen LogP contribution in [0.3, 0.4) is 0 Å². The molecule has 1 spiro atoms. The summed E-state index contributed by atoms with van der Waals surface area (Å²) in [5.41, 5.74) is 3.05. The van der Waals surface area contributed by atoms with E-state index in [0.29, 0.717) is 29.9 Å². The number of carbonyl (C=O) groups excluding carboxylic acids is 3. The van der Waals surface area contributed by atoms with Crippen molar-refractivity contribution in [2.24, 2.45) is 5.92 Å². The number of nitrogens with one attached hydrogen (secondary N) is 2. The molecule has 11 heteroatoms. The molecule has 3 aromatic carbocycles. The second-order valence-electron chi connectivity index (χ2n) is 14.5. The number of benzene rings is 3. The van der Waals surface area contributed by atoms with E-state index in [0.717, 1.165) is 36.1 Å². The van der Waals surface area contributed by atoms with Gasteiger partial charge in [-0.25, -0.2) is 0 Å². The maximum Gasteiger partial charge on any atom is 0.264 e. The van der Waals surface area contributed by atoms with Crippen LogP contribution in [0.15, 0.2) is 72.8 Å². The molecule has 258 valence electrons. The predicted molar refractivity (Wildman–Crippen MR) is 188 cm³/mol. The summed E-state index contributed by atoms with van der Waals surface area (Å²) in [5, 5.41) is 16.4. The standard InChI is InChI=1S/C38H45FN4O5Si/c1-24-35(49(2,3)39)33(20-34(45)42-22-27-10-5-4-9-26(27)19-29(42)23-44)48-38(24)30-11-6-7-13-32(30)43(37(38)47)21-25-14-16-28(17-15-25)41-36(46)31-12-8-18-40-31/h4-7,9-11,13-17,24,29,31,33,35,40,44H,8,12,18-23H2,1-3H3,(H,41,46)/t24-,29+,31-,33+,35-,38+/m1/s1. The molecule has 4 aliphatic rings. The highest BCUT2D eigenvalue weighted by Gasteiger charge is 2.67. The topological polar surface area (TPSA) is 111 Å². The Morgan fingerprint density at radius 3 is 2.47 bits per heavy atom. The fourth-order valence-corrected chi connectivity index (χ4v) is 11.2. The minimum atomic E-state index is -3.47. The van der Waals surface area contributed by atoms with Crippen molar-refractivity contribution in [3.8, 4) is 0 Å². The van der Waals surface area contributed by atoms with E-state index in [2.05, 4.69) is 10.6 Å². The van der Waals surface area contributed by atoms with Gasteiger partial charge in [0.15, 0.2) is 5.60 Å². The summed E-state index contributed by atoms with van der Waals surface area (Å²) in [6, 6.07) is 22.3. The number of aliphatic hydroxyl groups excluding tert-OH is 1. The first-order valence-electron chi connectivity index (χ1n) is 17.4. The quantitative estimate of drug-likeness (QED) is 0.227. The highest BCUT2D eigenvalue weighted by Crippen LogP contribution is 2.60. The zero-order valence-corrected chi connectivity index (χ0v) is 29.3. The zero-order valence-electron chi connectivity index (χ0n) is 28.3. The molecule has 2 saturated heterocycles. The summed E-state index contributed by atoms with van der Waals surface area (Å²) in [5.74, 6) is -1.04. The lowest BCUT2D eigenvalue weighted by molar-refractivity contribution is -0.151. The Hall–Kier alpha value is -3.90. The van der Waals surface area contributed by atoms with Crippen LogP contribution in [0, 0.1) is 5.92 Å². The lowest BCUT2D eigenvalue weighted by atomic mass is 9.82. The van der Waals surface area contributed by atoms with E-state index in [1.807, 2.05) is 79.7 Å². The molecule has 0 aliphatic carbocycles. The number of hydrogen-bond donors (Lipinski definition) is 3. The number of aliphatic hydroxyl groups is 1. The second kappa shape index (κ2) is 13.1. The summed E-state index contributed by atoms with van der Waals surface area (Å²) in [7, 11) is -3.47. The van der Waals surface area contributed by atoms with Gasteiger partial charge in [0.25, 0.3) is 5.91 Å². The molecule has 7 rings (SSSR count). The number of rotatable bonds is 8. The first kappa shape index (κ1) is 33.6. The van der Waals surface area contributed by atoms with E-state index < -0.39 is 31.6 Å². The van der Waals surface area contributed by atoms with Crippen LogP contribution in [0.1, 0.15) is 48.4 Å². The van der Waals surface area contributed by atoms with E-state index in [-0.39, 0.29) is 49.4 Å². The number of amides is 3. The number of halogens is 1. The highest BCUT2D eigenvalue weighted by atomic mass is 28.4. The molecule has 3 aromatic rings. The summed E-state index contributed by atoms with van der Waals surface area (Å²) in [6.07, 6.45) is 1.46. The van der Waals surface area contributed by atoms with Crippen molar-refractivity contribution in [3.63, 3.8) is 0 Å². The van der Waals surface area contributed by atoms with Crippen LogP contribution in [0.5, 0.6) is 0 Å². The Morgan fingerprint density at radius 2 is 1.78 bits per heavy atom. The largest absolute Gasteiger partial charge is 0.394 e. The van der Waals surface area contributed by atoms with Crippen molar-refractivity contribution in [3.05, 3.63) is 95.1 Å². The van der Waals surface area contributed by atoms with Gasteiger partial charge in [0, 0.05) is 29.3 Å². The summed E-state index contributed by atoms with van der Waals surface area (Å²) in [4.78, 5) is 44.7. The lowest BCUT2D eigenvalue weighted by Crippen LogP contribution is -2.48. The van der Waals surface area contributed by atoms with Crippen molar-refractivity contribution in [1.29, 1.82) is 0 Å². The molecular weight excluding hydrogens is 640 g/mol. The molecule has 49 heavy (non-hydrogen) atoms. The molecular formula is C38H45FN4O5Si. The van der Waals surface area contributed by atoms with E-state index in [1.165, 1.54) is 0 Å². The van der Waals surface area contributed by atoms with Crippen LogP contribution >= 0.6 is 0 Å². The van der Waals surface area contributed by atoms with Crippen molar-refractivity contribution in [2.75, 3.05) is 23.4 Å². The minimum Gasteiger partial charge on any atom is -0.394 e. The molecule has 4 aliphatic heterocycles. The van der Waals surface area contributed by atoms with Gasteiger partial charge in [0.2, 0.25) is 20.2 Å². The number of ether oxygens (including phenoxy) is 1. The van der Waals surface area contributed by atoms with Crippen molar-refractivity contribution >= 4 is 37.5 Å². The number of anilines is 2. The third kappa shape index (κ3) is 6.00. The molecule has 6 atom stereocenters. The SMILES string of the molecule is C[C@@H]1[C@@H]([Si](C)(C)F)[C@H](CC(=O)N2Cc3ccccc3C[C@H]2CO)O[C@@]12C(=O)N(Cc1ccc(NC(=O)[C@H]3CCCN3)cc1)c1ccccc12. The minimum absolute atomic E-state index is 0.0536. The monoisotopic (exact) mass is 684 g/mol. The van der Waals surface area contributed by atoms with Gasteiger partial charge in [-0.3, -0.25) is 14.4 Å². The fourth-order valence-electron chi connectivity index (χ4n) is 8.70. The molecule has 0 saturated carbocycles. The number of hydrogen-bond acceptors (Lipinski definition) is 6. The normalized spacial score (nSPS) is 27.8. The van der Waals surface area contributed by atoms with Crippen LogP contribution in [-0.4, -0.2) is 67.5 Å². The van der Waals surface area contributed by atoms with Crippen molar-refractivity contribution < 1.29 is 28.3 Å². The molecule has 3 amide bonds. The number of fused-ring (bicyclic) bond motifs is 3. The third-order valence-electron chi connectivity index (χ3n) is 11.1. The Bertz CT molecular complexity index is 1740. The molecule has 0 aromatic heterocycles. The van der Waals surface area contributed by atoms with Crippen molar-refractivity contribution in [2.45, 2.75) is 88.1 Å². The van der Waals surface area contributed by atoms with E-state index in [9.17, 15) is 19.5 Å². The molecule has 3 N–H and O–H groups in total. The Labute approximate surface area is 288 Å². The molecule has 0 radical (unpaired) electrons. The van der Waals surface area contributed by atoms with E-state index in [1.54, 1.807) is 22.9 Å². The number of nitrogens with zero attached hydrogens (tertiary/aromatic N) is 2. The first-order valence-corrected chi connectivity index (χ1v) is 20.3. The van der Waals surface area contributed by atoms with Gasteiger partial charge < -0.3 is 34.4 Å². The summed E-state index contributed by atoms with van der Waals surface area (Å²) < 4.78 is 23.2. The van der Waals surface area contributed by atoms with Gasteiger partial charge in [-0.15, -0.1) is 0 Å². The van der Waals surface area contributed by atoms with Crippen molar-refractivity contribution in [1.82, 2.24) is 10.2 Å². The predicted octanol–water partition coefficient (Wildman–Crippen LogP) is 5.03. The maximum atomic E-state index is 16.4. The molecule has 2 fully saturated rings. The lowest BCUT2D eigenvalue weighted by Gasteiger charge is -2.37. The first-order chi connectivity index (χ1) is 23.5. The summed E-state index contributed by atoms with van der Waals surface area (Å²) >= 11 is 0. The maximum absolute atomic E-state index is 16.4. The smallest absolute Gasteiger partial charge is 0.264 e. The number of para-hydroxylation sites is 1. The molecule has 4 heterocycles. The summed E-state index contributed by atoms with van der Waals surface area (Å²) in [6.45, 7) is 6.46. The fraction of sp³-hybridized carbons (Fsp3) is 0.447. The Balaban J connectivity index is 1.14. The van der Waals surface area contributed by atoms with Gasteiger partial charge in [-0.1, -0.05) is 61.5 Å². The van der Waals surface area contributed by atoms with Gasteiger partial charge in [-0.05, 0) is 73.8 Å². The van der Waals surface area contributed by atoms with Crippen LogP contribution in [0.4, 0.5) is 15.5 Å². The van der Waals surface area contributed by atoms with Crippen LogP contribution in [0.25, 0.3) is 0 Å². The number of carbonyl (C=O) groups is 3. The zero-order chi connectivity index (χ0) is 34.5. The average Bonchev–Trinajstić information content (AvgIpc) is 3.79. The molecule has 0 unspecified atom stereocenters. The van der Waals surface area contributed by atoms with Gasteiger partial charge in [-0.2, -0.15) is 0 Å².